The van der Waals surface area contributed by atoms with Gasteiger partial charge in [0.05, 0.1) is 5.69 Å². The van der Waals surface area contributed by atoms with Crippen molar-refractivity contribution >= 4 is 5.69 Å². The van der Waals surface area contributed by atoms with Crippen LogP contribution in [0.1, 0.15) is 6.42 Å². The van der Waals surface area contributed by atoms with Crippen molar-refractivity contribution in [3.8, 4) is 0 Å². The smallest absolute Gasteiger partial charge is 0.152 e. The van der Waals surface area contributed by atoms with Gasteiger partial charge in [-0.15, -0.1) is 0 Å². The van der Waals surface area contributed by atoms with Gasteiger partial charge in [0.25, 0.3) is 0 Å². The number of azo groups is 1. The lowest BCUT2D eigenvalue weighted by Gasteiger charge is -2.19. The zero-order valence-electron chi connectivity index (χ0n) is 8.38. The van der Waals surface area contributed by atoms with Gasteiger partial charge in [-0.1, -0.05) is 36.4 Å². The van der Waals surface area contributed by atoms with E-state index in [2.05, 4.69) is 10.2 Å². The Morgan fingerprint density at radius 3 is 2.60 bits per heavy atom. The first-order valence-corrected chi connectivity index (χ1v) is 4.90. The van der Waals surface area contributed by atoms with Crippen LogP contribution in [0.25, 0.3) is 0 Å². The summed E-state index contributed by atoms with van der Waals surface area (Å²) in [5.74, 6) is 0. The number of benzene rings is 1. The van der Waals surface area contributed by atoms with Crippen molar-refractivity contribution in [1.29, 1.82) is 0 Å². The molecule has 2 rings (SSSR count). The van der Waals surface area contributed by atoms with Crippen LogP contribution >= 0.6 is 0 Å². The Balaban J connectivity index is 2.12. The summed E-state index contributed by atoms with van der Waals surface area (Å²) in [7, 11) is 0. The van der Waals surface area contributed by atoms with Crippen LogP contribution < -0.4 is 5.73 Å². The van der Waals surface area contributed by atoms with Crippen LogP contribution in [0.5, 0.6) is 0 Å². The maximum absolute atomic E-state index is 6.01. The molecule has 2 N–H and O–H groups in total. The summed E-state index contributed by atoms with van der Waals surface area (Å²) in [4.78, 5) is 0. The van der Waals surface area contributed by atoms with Crippen molar-refractivity contribution in [2.75, 3.05) is 0 Å². The summed E-state index contributed by atoms with van der Waals surface area (Å²) < 4.78 is 0. The highest BCUT2D eigenvalue weighted by atomic mass is 15.2. The molecule has 1 atom stereocenters. The molecule has 76 valence electrons. The van der Waals surface area contributed by atoms with Crippen molar-refractivity contribution < 1.29 is 0 Å². The second-order valence-electron chi connectivity index (χ2n) is 3.52. The molecule has 3 nitrogen and oxygen atoms in total. The lowest BCUT2D eigenvalue weighted by Crippen LogP contribution is -2.34. The molecular formula is C12H13N3. The van der Waals surface area contributed by atoms with Gasteiger partial charge in [-0.3, -0.25) is 0 Å². The Bertz CT molecular complexity index is 406. The molecule has 1 aromatic rings. The van der Waals surface area contributed by atoms with E-state index < -0.39 is 5.66 Å². The van der Waals surface area contributed by atoms with Crippen LogP contribution in [0, 0.1) is 0 Å². The average Bonchev–Trinajstić information content (AvgIpc) is 2.29. The van der Waals surface area contributed by atoms with Crippen LogP contribution in [0.2, 0.25) is 0 Å². The molecule has 0 fully saturated rings. The van der Waals surface area contributed by atoms with Gasteiger partial charge in [-0.25, -0.2) is 0 Å². The summed E-state index contributed by atoms with van der Waals surface area (Å²) in [6, 6.07) is 9.59. The van der Waals surface area contributed by atoms with Gasteiger partial charge in [0.2, 0.25) is 0 Å². The summed E-state index contributed by atoms with van der Waals surface area (Å²) in [5.41, 5.74) is 6.16. The van der Waals surface area contributed by atoms with E-state index in [0.717, 1.165) is 5.69 Å². The normalized spacial score (nSPS) is 24.9. The van der Waals surface area contributed by atoms with Gasteiger partial charge in [0.15, 0.2) is 5.66 Å². The third kappa shape index (κ3) is 2.60. The molecule has 0 aliphatic heterocycles. The minimum absolute atomic E-state index is 0.676. The van der Waals surface area contributed by atoms with Gasteiger partial charge in [0.1, 0.15) is 0 Å². The maximum Gasteiger partial charge on any atom is 0.152 e. The first-order valence-electron chi connectivity index (χ1n) is 4.90. The number of nitrogens with zero attached hydrogens (tertiary/aromatic N) is 2. The van der Waals surface area contributed by atoms with E-state index in [1.165, 1.54) is 0 Å². The van der Waals surface area contributed by atoms with Crippen molar-refractivity contribution in [3.05, 3.63) is 54.6 Å². The second-order valence-corrected chi connectivity index (χ2v) is 3.52. The van der Waals surface area contributed by atoms with Crippen LogP contribution in [0.4, 0.5) is 5.69 Å². The first-order chi connectivity index (χ1) is 7.29. The van der Waals surface area contributed by atoms with E-state index in [-0.39, 0.29) is 0 Å². The van der Waals surface area contributed by atoms with Gasteiger partial charge in [-0.05, 0) is 18.2 Å². The van der Waals surface area contributed by atoms with E-state index in [4.69, 9.17) is 5.73 Å². The SMILES string of the molecule is NC1(N=Nc2ccccc2)C=CC=CC1. The Morgan fingerprint density at radius 1 is 1.13 bits per heavy atom. The average molecular weight is 199 g/mol. The van der Waals surface area contributed by atoms with Crippen LogP contribution in [-0.4, -0.2) is 5.66 Å². The molecule has 0 heterocycles. The Hall–Kier alpha value is -1.74. The number of nitrogens with two attached hydrogens (primary N) is 1. The zero-order valence-corrected chi connectivity index (χ0v) is 8.38. The zero-order chi connectivity index (χ0) is 10.6. The molecular weight excluding hydrogens is 186 g/mol. The van der Waals surface area contributed by atoms with Crippen molar-refractivity contribution in [2.45, 2.75) is 12.1 Å². The predicted molar refractivity (Wildman–Crippen MR) is 60.8 cm³/mol. The minimum atomic E-state index is -0.676. The molecule has 0 spiro atoms. The van der Waals surface area contributed by atoms with Crippen molar-refractivity contribution in [3.63, 3.8) is 0 Å². The van der Waals surface area contributed by atoms with E-state index in [9.17, 15) is 0 Å². The monoisotopic (exact) mass is 199 g/mol. The standard InChI is InChI=1S/C12H13N3/c13-12(9-5-2-6-10-12)15-14-11-7-3-1-4-8-11/h1-9H,10,13H2. The first kappa shape index (κ1) is 9.80. The summed E-state index contributed by atoms with van der Waals surface area (Å²) >= 11 is 0. The highest BCUT2D eigenvalue weighted by Gasteiger charge is 2.20. The number of hydrogen-bond acceptors (Lipinski definition) is 3. The van der Waals surface area contributed by atoms with Gasteiger partial charge >= 0.3 is 0 Å². The lowest BCUT2D eigenvalue weighted by molar-refractivity contribution is 0.533. The fourth-order valence-corrected chi connectivity index (χ4v) is 1.35. The van der Waals surface area contributed by atoms with Gasteiger partial charge in [-0.2, -0.15) is 10.2 Å². The van der Waals surface area contributed by atoms with Crippen LogP contribution in [0.3, 0.4) is 0 Å². The highest BCUT2D eigenvalue weighted by molar-refractivity contribution is 5.35. The van der Waals surface area contributed by atoms with Crippen molar-refractivity contribution in [2.24, 2.45) is 16.0 Å². The van der Waals surface area contributed by atoms with E-state index in [1.54, 1.807) is 0 Å². The molecule has 0 bridgehead atoms. The van der Waals surface area contributed by atoms with Crippen molar-refractivity contribution in [1.82, 2.24) is 0 Å². The van der Waals surface area contributed by atoms with Crippen LogP contribution in [0.15, 0.2) is 64.9 Å². The van der Waals surface area contributed by atoms with Gasteiger partial charge < -0.3 is 5.73 Å². The topological polar surface area (TPSA) is 50.7 Å². The molecule has 1 unspecified atom stereocenters. The molecule has 0 saturated heterocycles. The van der Waals surface area contributed by atoms with E-state index in [0.29, 0.717) is 6.42 Å². The summed E-state index contributed by atoms with van der Waals surface area (Å²) in [6.45, 7) is 0. The second kappa shape index (κ2) is 4.19. The maximum atomic E-state index is 6.01. The Labute approximate surface area is 89.0 Å². The third-order valence-corrected chi connectivity index (χ3v) is 2.18. The number of rotatable bonds is 2. The molecule has 1 aromatic carbocycles. The Morgan fingerprint density at radius 2 is 1.93 bits per heavy atom. The molecule has 0 amide bonds. The molecule has 15 heavy (non-hydrogen) atoms. The third-order valence-electron chi connectivity index (χ3n) is 2.18. The van der Waals surface area contributed by atoms with E-state index in [1.807, 2.05) is 54.6 Å². The van der Waals surface area contributed by atoms with E-state index >= 15 is 0 Å². The molecule has 0 aromatic heterocycles. The molecule has 1 aliphatic carbocycles. The largest absolute Gasteiger partial charge is 0.302 e. The quantitative estimate of drug-likeness (QED) is 0.731. The minimum Gasteiger partial charge on any atom is -0.302 e. The number of allylic oxidation sites excluding steroid dienone is 2. The van der Waals surface area contributed by atoms with Crippen LogP contribution in [-0.2, 0) is 0 Å². The summed E-state index contributed by atoms with van der Waals surface area (Å²) in [5, 5.41) is 8.27. The van der Waals surface area contributed by atoms with Gasteiger partial charge in [0, 0.05) is 6.42 Å². The fourth-order valence-electron chi connectivity index (χ4n) is 1.35. The highest BCUT2D eigenvalue weighted by Crippen LogP contribution is 2.19. The Kier molecular flexibility index (Phi) is 2.74. The fraction of sp³-hybridized carbons (Fsp3) is 0.167. The molecule has 0 radical (unpaired) electrons. The number of hydrogen-bond donors (Lipinski definition) is 1. The lowest BCUT2D eigenvalue weighted by atomic mass is 10.0. The summed E-state index contributed by atoms with van der Waals surface area (Å²) in [6.07, 6.45) is 8.40. The molecule has 0 saturated carbocycles. The molecule has 1 aliphatic rings. The molecule has 3 heteroatoms. The predicted octanol–water partition coefficient (Wildman–Crippen LogP) is 2.94.